The van der Waals surface area contributed by atoms with Crippen molar-refractivity contribution in [2.75, 3.05) is 13.3 Å². The van der Waals surface area contributed by atoms with Gasteiger partial charge in [-0.15, -0.1) is 0 Å². The van der Waals surface area contributed by atoms with E-state index in [1.165, 1.54) is 0 Å². The highest BCUT2D eigenvalue weighted by atomic mass is 35.5. The molecule has 2 fully saturated rings. The van der Waals surface area contributed by atoms with E-state index in [1.54, 1.807) is 12.1 Å². The predicted octanol–water partition coefficient (Wildman–Crippen LogP) is 2.90. The zero-order valence-corrected chi connectivity index (χ0v) is 14.6. The summed E-state index contributed by atoms with van der Waals surface area (Å²) in [6.07, 6.45) is 4.66. The number of likely N-dealkylation sites (tertiary alicyclic amines) is 1. The minimum Gasteiger partial charge on any atom is -0.461 e. The summed E-state index contributed by atoms with van der Waals surface area (Å²) in [5.41, 5.74) is 0.736. The first-order valence-electron chi connectivity index (χ1n) is 8.66. The van der Waals surface area contributed by atoms with Gasteiger partial charge in [0, 0.05) is 19.0 Å². The van der Waals surface area contributed by atoms with Gasteiger partial charge in [0.15, 0.2) is 11.5 Å². The first-order chi connectivity index (χ1) is 12.1. The minimum atomic E-state index is -0.377. The van der Waals surface area contributed by atoms with Gasteiger partial charge in [0.05, 0.1) is 10.9 Å². The van der Waals surface area contributed by atoms with Crippen LogP contribution in [0.15, 0.2) is 12.1 Å². The molecule has 25 heavy (non-hydrogen) atoms. The second-order valence-electron chi connectivity index (χ2n) is 6.80. The summed E-state index contributed by atoms with van der Waals surface area (Å²) in [5, 5.41) is 0.435. The molecule has 0 radical (unpaired) electrons. The first kappa shape index (κ1) is 16.5. The number of rotatable bonds is 4. The van der Waals surface area contributed by atoms with Gasteiger partial charge in [-0.1, -0.05) is 24.4 Å². The molecule has 1 saturated carbocycles. The highest BCUT2D eigenvalue weighted by Crippen LogP contribution is 2.40. The number of halogens is 1. The highest BCUT2D eigenvalue weighted by Gasteiger charge is 2.39. The smallest absolute Gasteiger partial charge is 0.311 e. The Morgan fingerprint density at radius 3 is 2.88 bits per heavy atom. The Morgan fingerprint density at radius 1 is 1.28 bits per heavy atom. The molecule has 0 bridgehead atoms. The standard InChI is InChI=1S/C18H20ClNO5/c19-14-5-11(6-15-17(14)25-10-24-15)9-23-18(22)12-7-16(21)20(8-12)13-3-1-2-4-13/h5-6,12-13H,1-4,7-10H2. The largest absolute Gasteiger partial charge is 0.461 e. The Balaban J connectivity index is 1.35. The van der Waals surface area contributed by atoms with Crippen LogP contribution in [0.1, 0.15) is 37.7 Å². The van der Waals surface area contributed by atoms with Crippen molar-refractivity contribution in [3.8, 4) is 11.5 Å². The zero-order valence-electron chi connectivity index (χ0n) is 13.8. The minimum absolute atomic E-state index is 0.0694. The molecule has 4 rings (SSSR count). The topological polar surface area (TPSA) is 65.1 Å². The van der Waals surface area contributed by atoms with Crippen LogP contribution in [-0.2, 0) is 20.9 Å². The normalized spacial score (nSPS) is 22.7. The maximum Gasteiger partial charge on any atom is 0.311 e. The molecule has 2 aliphatic heterocycles. The third-order valence-electron chi connectivity index (χ3n) is 5.13. The van der Waals surface area contributed by atoms with Gasteiger partial charge in [-0.05, 0) is 30.5 Å². The van der Waals surface area contributed by atoms with Crippen molar-refractivity contribution in [1.82, 2.24) is 4.90 Å². The number of hydrogen-bond acceptors (Lipinski definition) is 5. The van der Waals surface area contributed by atoms with Crippen molar-refractivity contribution in [2.24, 2.45) is 5.92 Å². The monoisotopic (exact) mass is 365 g/mol. The van der Waals surface area contributed by atoms with Gasteiger partial charge in [0.1, 0.15) is 6.61 Å². The first-order valence-corrected chi connectivity index (χ1v) is 9.04. The summed E-state index contributed by atoms with van der Waals surface area (Å²) >= 11 is 6.13. The third-order valence-corrected chi connectivity index (χ3v) is 5.41. The van der Waals surface area contributed by atoms with E-state index in [1.807, 2.05) is 4.90 Å². The van der Waals surface area contributed by atoms with Crippen LogP contribution in [-0.4, -0.2) is 36.2 Å². The number of hydrogen-bond donors (Lipinski definition) is 0. The molecule has 1 unspecified atom stereocenters. The number of esters is 1. The lowest BCUT2D eigenvalue weighted by Gasteiger charge is -2.23. The van der Waals surface area contributed by atoms with Crippen molar-refractivity contribution in [1.29, 1.82) is 0 Å². The molecule has 7 heteroatoms. The van der Waals surface area contributed by atoms with Crippen LogP contribution >= 0.6 is 11.6 Å². The Labute approximate surface area is 151 Å². The molecule has 2 heterocycles. The molecule has 0 aromatic heterocycles. The van der Waals surface area contributed by atoms with Gasteiger partial charge in [0.2, 0.25) is 12.7 Å². The van der Waals surface area contributed by atoms with Crippen molar-refractivity contribution in [2.45, 2.75) is 44.8 Å². The Hall–Kier alpha value is -1.95. The molecular weight excluding hydrogens is 346 g/mol. The Bertz CT molecular complexity index is 701. The fourth-order valence-electron chi connectivity index (χ4n) is 3.83. The number of nitrogens with zero attached hydrogens (tertiary/aromatic N) is 1. The number of amides is 1. The van der Waals surface area contributed by atoms with E-state index in [9.17, 15) is 9.59 Å². The molecule has 1 aliphatic carbocycles. The van der Waals surface area contributed by atoms with Gasteiger partial charge in [-0.2, -0.15) is 0 Å². The summed E-state index contributed by atoms with van der Waals surface area (Å²) in [6.45, 7) is 0.715. The van der Waals surface area contributed by atoms with E-state index >= 15 is 0 Å². The van der Waals surface area contributed by atoms with Crippen LogP contribution in [0.4, 0.5) is 0 Å². The van der Waals surface area contributed by atoms with E-state index in [4.69, 9.17) is 25.8 Å². The average molecular weight is 366 g/mol. The lowest BCUT2D eigenvalue weighted by atomic mass is 10.1. The van der Waals surface area contributed by atoms with Crippen LogP contribution in [0.25, 0.3) is 0 Å². The molecular formula is C18H20ClNO5. The van der Waals surface area contributed by atoms with Gasteiger partial charge in [-0.3, -0.25) is 9.59 Å². The molecule has 1 atom stereocenters. The van der Waals surface area contributed by atoms with E-state index in [-0.39, 0.29) is 37.6 Å². The lowest BCUT2D eigenvalue weighted by molar-refractivity contribution is -0.149. The van der Waals surface area contributed by atoms with Crippen LogP contribution in [0.3, 0.4) is 0 Å². The molecule has 1 aromatic carbocycles. The van der Waals surface area contributed by atoms with Crippen LogP contribution in [0.2, 0.25) is 5.02 Å². The van der Waals surface area contributed by atoms with E-state index < -0.39 is 0 Å². The molecule has 1 aromatic rings. The second-order valence-corrected chi connectivity index (χ2v) is 7.21. The molecule has 0 spiro atoms. The summed E-state index contributed by atoms with van der Waals surface area (Å²) < 4.78 is 16.0. The molecule has 3 aliphatic rings. The fourth-order valence-corrected chi connectivity index (χ4v) is 4.12. The second kappa shape index (κ2) is 6.75. The Morgan fingerprint density at radius 2 is 2.08 bits per heavy atom. The van der Waals surface area contributed by atoms with E-state index in [0.717, 1.165) is 31.2 Å². The maximum absolute atomic E-state index is 12.4. The van der Waals surface area contributed by atoms with Crippen molar-refractivity contribution in [3.05, 3.63) is 22.7 Å². The molecule has 1 amide bonds. The van der Waals surface area contributed by atoms with Crippen molar-refractivity contribution >= 4 is 23.5 Å². The summed E-state index contributed by atoms with van der Waals surface area (Å²) in [5.74, 6) is 0.438. The molecule has 1 saturated heterocycles. The number of ether oxygens (including phenoxy) is 3. The number of carbonyl (C=O) groups excluding carboxylic acids is 2. The Kier molecular flexibility index (Phi) is 4.46. The molecule has 6 nitrogen and oxygen atoms in total. The fraction of sp³-hybridized carbons (Fsp3) is 0.556. The molecule has 134 valence electrons. The summed E-state index contributed by atoms with van der Waals surface area (Å²) in [4.78, 5) is 26.4. The molecule has 0 N–H and O–H groups in total. The maximum atomic E-state index is 12.4. The van der Waals surface area contributed by atoms with Crippen LogP contribution < -0.4 is 9.47 Å². The predicted molar refractivity (Wildman–Crippen MR) is 89.4 cm³/mol. The number of fused-ring (bicyclic) bond motifs is 1. The van der Waals surface area contributed by atoms with Gasteiger partial charge < -0.3 is 19.1 Å². The zero-order chi connectivity index (χ0) is 17.4. The number of benzene rings is 1. The van der Waals surface area contributed by atoms with Crippen molar-refractivity contribution < 1.29 is 23.8 Å². The summed E-state index contributed by atoms with van der Waals surface area (Å²) in [7, 11) is 0. The third kappa shape index (κ3) is 3.27. The SMILES string of the molecule is O=C(OCc1cc(Cl)c2c(c1)OCO2)C1CC(=O)N(C2CCCC2)C1. The van der Waals surface area contributed by atoms with E-state index in [0.29, 0.717) is 29.1 Å². The van der Waals surface area contributed by atoms with Gasteiger partial charge >= 0.3 is 5.97 Å². The van der Waals surface area contributed by atoms with Crippen LogP contribution in [0.5, 0.6) is 11.5 Å². The summed E-state index contributed by atoms with van der Waals surface area (Å²) in [6, 6.07) is 3.76. The lowest BCUT2D eigenvalue weighted by Crippen LogP contribution is -2.35. The average Bonchev–Trinajstić information content (AvgIpc) is 3.32. The van der Waals surface area contributed by atoms with Crippen LogP contribution in [0, 0.1) is 5.92 Å². The van der Waals surface area contributed by atoms with Crippen molar-refractivity contribution in [3.63, 3.8) is 0 Å². The van der Waals surface area contributed by atoms with Gasteiger partial charge in [0.25, 0.3) is 0 Å². The quantitative estimate of drug-likeness (QED) is 0.767. The van der Waals surface area contributed by atoms with Gasteiger partial charge in [-0.25, -0.2) is 0 Å². The number of carbonyl (C=O) groups is 2. The highest BCUT2D eigenvalue weighted by molar-refractivity contribution is 6.32. The van der Waals surface area contributed by atoms with E-state index in [2.05, 4.69) is 0 Å².